The summed E-state index contributed by atoms with van der Waals surface area (Å²) in [5.41, 5.74) is 1.80. The molecule has 130 valence electrons. The Morgan fingerprint density at radius 1 is 1.17 bits per heavy atom. The molecule has 1 aromatic carbocycles. The van der Waals surface area contributed by atoms with Crippen LogP contribution in [0.5, 0.6) is 0 Å². The number of nitrogens with zero attached hydrogens (tertiary/aromatic N) is 2. The second-order valence-corrected chi connectivity index (χ2v) is 7.73. The SMILES string of the molecule is CC(C)(C)OC(=O)N1CC2CC(=NOCc3ccccc3)CC2C1. The van der Waals surface area contributed by atoms with Crippen LogP contribution in [0.15, 0.2) is 35.5 Å². The maximum Gasteiger partial charge on any atom is 0.410 e. The van der Waals surface area contributed by atoms with E-state index in [9.17, 15) is 4.79 Å². The number of ether oxygens (including phenoxy) is 1. The maximum atomic E-state index is 12.2. The van der Waals surface area contributed by atoms with E-state index in [1.54, 1.807) is 0 Å². The Balaban J connectivity index is 1.46. The van der Waals surface area contributed by atoms with Crippen molar-refractivity contribution < 1.29 is 14.4 Å². The van der Waals surface area contributed by atoms with Crippen LogP contribution in [0.3, 0.4) is 0 Å². The van der Waals surface area contributed by atoms with Gasteiger partial charge < -0.3 is 14.5 Å². The second kappa shape index (κ2) is 6.83. The summed E-state index contributed by atoms with van der Waals surface area (Å²) in [5.74, 6) is 0.966. The van der Waals surface area contributed by atoms with Gasteiger partial charge in [0.15, 0.2) is 0 Å². The Bertz CT molecular complexity index is 591. The molecule has 5 heteroatoms. The molecule has 1 aliphatic carbocycles. The van der Waals surface area contributed by atoms with E-state index >= 15 is 0 Å². The van der Waals surface area contributed by atoms with Crippen LogP contribution in [0.2, 0.25) is 0 Å². The molecule has 2 atom stereocenters. The minimum Gasteiger partial charge on any atom is -0.444 e. The van der Waals surface area contributed by atoms with Gasteiger partial charge >= 0.3 is 6.09 Å². The molecule has 1 aromatic rings. The van der Waals surface area contributed by atoms with E-state index in [1.807, 2.05) is 56.0 Å². The third-order valence-electron chi connectivity index (χ3n) is 4.49. The summed E-state index contributed by atoms with van der Waals surface area (Å²) in [4.78, 5) is 19.5. The molecular formula is C19H26N2O3. The second-order valence-electron chi connectivity index (χ2n) is 7.73. The lowest BCUT2D eigenvalue weighted by Crippen LogP contribution is -2.36. The fourth-order valence-electron chi connectivity index (χ4n) is 3.41. The Kier molecular flexibility index (Phi) is 4.78. The van der Waals surface area contributed by atoms with Gasteiger partial charge in [-0.15, -0.1) is 0 Å². The van der Waals surface area contributed by atoms with E-state index in [-0.39, 0.29) is 6.09 Å². The first-order valence-corrected chi connectivity index (χ1v) is 8.60. The molecule has 2 unspecified atom stereocenters. The van der Waals surface area contributed by atoms with Gasteiger partial charge in [-0.1, -0.05) is 35.5 Å². The van der Waals surface area contributed by atoms with E-state index < -0.39 is 5.60 Å². The standard InChI is InChI=1S/C19H26N2O3/c1-19(2,3)24-18(22)21-11-15-9-17(10-16(15)12-21)20-23-13-14-7-5-4-6-8-14/h4-8,15-16H,9-13H2,1-3H3. The van der Waals surface area contributed by atoms with Crippen LogP contribution in [0.1, 0.15) is 39.2 Å². The lowest BCUT2D eigenvalue weighted by Gasteiger charge is -2.24. The first-order chi connectivity index (χ1) is 11.4. The van der Waals surface area contributed by atoms with Crippen LogP contribution in [-0.4, -0.2) is 35.4 Å². The van der Waals surface area contributed by atoms with Crippen molar-refractivity contribution in [1.29, 1.82) is 0 Å². The number of oxime groups is 1. The molecule has 1 heterocycles. The van der Waals surface area contributed by atoms with Crippen LogP contribution in [0.4, 0.5) is 4.79 Å². The van der Waals surface area contributed by atoms with Crippen molar-refractivity contribution in [3.05, 3.63) is 35.9 Å². The molecule has 2 fully saturated rings. The molecule has 1 saturated heterocycles. The van der Waals surface area contributed by atoms with Crippen LogP contribution in [-0.2, 0) is 16.2 Å². The van der Waals surface area contributed by atoms with Crippen molar-refractivity contribution >= 4 is 11.8 Å². The van der Waals surface area contributed by atoms with Crippen molar-refractivity contribution in [3.63, 3.8) is 0 Å². The molecule has 1 saturated carbocycles. The van der Waals surface area contributed by atoms with Crippen LogP contribution < -0.4 is 0 Å². The predicted octanol–water partition coefficient (Wildman–Crippen LogP) is 3.84. The molecule has 0 radical (unpaired) electrons. The average Bonchev–Trinajstić information content (AvgIpc) is 3.05. The summed E-state index contributed by atoms with van der Waals surface area (Å²) < 4.78 is 5.46. The Hall–Kier alpha value is -2.04. The molecule has 1 aliphatic heterocycles. The lowest BCUT2D eigenvalue weighted by molar-refractivity contribution is 0.0283. The Morgan fingerprint density at radius 3 is 2.38 bits per heavy atom. The predicted molar refractivity (Wildman–Crippen MR) is 92.7 cm³/mol. The molecule has 0 spiro atoms. The monoisotopic (exact) mass is 330 g/mol. The number of carbonyl (C=O) groups is 1. The van der Waals surface area contributed by atoms with Crippen LogP contribution in [0, 0.1) is 11.8 Å². The van der Waals surface area contributed by atoms with Gasteiger partial charge in [0.25, 0.3) is 0 Å². The summed E-state index contributed by atoms with van der Waals surface area (Å²) in [6, 6.07) is 10.0. The number of hydrogen-bond acceptors (Lipinski definition) is 4. The normalized spacial score (nSPS) is 23.1. The van der Waals surface area contributed by atoms with Crippen molar-refractivity contribution in [3.8, 4) is 0 Å². The first kappa shape index (κ1) is 16.8. The summed E-state index contributed by atoms with van der Waals surface area (Å²) in [6.45, 7) is 7.72. The first-order valence-electron chi connectivity index (χ1n) is 8.60. The largest absolute Gasteiger partial charge is 0.444 e. The van der Waals surface area contributed by atoms with Gasteiger partial charge in [-0.2, -0.15) is 0 Å². The molecule has 0 N–H and O–H groups in total. The minimum absolute atomic E-state index is 0.198. The summed E-state index contributed by atoms with van der Waals surface area (Å²) >= 11 is 0. The quantitative estimate of drug-likeness (QED) is 0.791. The van der Waals surface area contributed by atoms with Crippen molar-refractivity contribution in [2.24, 2.45) is 17.0 Å². The molecule has 0 bridgehead atoms. The number of benzene rings is 1. The fourth-order valence-corrected chi connectivity index (χ4v) is 3.41. The van der Waals surface area contributed by atoms with Gasteiger partial charge in [0.05, 0.1) is 5.71 Å². The van der Waals surface area contributed by atoms with Gasteiger partial charge in [-0.25, -0.2) is 4.79 Å². The van der Waals surface area contributed by atoms with E-state index in [2.05, 4.69) is 5.16 Å². The number of likely N-dealkylation sites (tertiary alicyclic amines) is 1. The molecular weight excluding hydrogens is 304 g/mol. The molecule has 2 aliphatic rings. The summed E-state index contributed by atoms with van der Waals surface area (Å²) in [5, 5.41) is 4.31. The van der Waals surface area contributed by atoms with Crippen molar-refractivity contribution in [2.75, 3.05) is 13.1 Å². The van der Waals surface area contributed by atoms with E-state index in [4.69, 9.17) is 9.57 Å². The van der Waals surface area contributed by atoms with Gasteiger partial charge in [-0.05, 0) is 51.0 Å². The third-order valence-corrected chi connectivity index (χ3v) is 4.49. The topological polar surface area (TPSA) is 51.1 Å². The summed E-state index contributed by atoms with van der Waals surface area (Å²) in [6.07, 6.45) is 1.63. The summed E-state index contributed by atoms with van der Waals surface area (Å²) in [7, 11) is 0. The molecule has 5 nitrogen and oxygen atoms in total. The van der Waals surface area contributed by atoms with Crippen molar-refractivity contribution in [1.82, 2.24) is 4.90 Å². The number of fused-ring (bicyclic) bond motifs is 1. The minimum atomic E-state index is -0.438. The number of rotatable bonds is 3. The van der Waals surface area contributed by atoms with E-state index in [1.165, 1.54) is 0 Å². The molecule has 0 aromatic heterocycles. The lowest BCUT2D eigenvalue weighted by atomic mass is 10.0. The Morgan fingerprint density at radius 2 is 1.79 bits per heavy atom. The maximum absolute atomic E-state index is 12.2. The van der Waals surface area contributed by atoms with Crippen LogP contribution >= 0.6 is 0 Å². The fraction of sp³-hybridized carbons (Fsp3) is 0.579. The molecule has 3 rings (SSSR count). The zero-order valence-electron chi connectivity index (χ0n) is 14.7. The number of carbonyl (C=O) groups excluding carboxylic acids is 1. The molecule has 1 amide bonds. The van der Waals surface area contributed by atoms with Crippen molar-refractivity contribution in [2.45, 2.75) is 45.8 Å². The Labute approximate surface area is 143 Å². The highest BCUT2D eigenvalue weighted by Gasteiger charge is 2.42. The highest BCUT2D eigenvalue weighted by atomic mass is 16.6. The van der Waals surface area contributed by atoms with Gasteiger partial charge in [0.2, 0.25) is 0 Å². The number of hydrogen-bond donors (Lipinski definition) is 0. The third kappa shape index (κ3) is 4.28. The highest BCUT2D eigenvalue weighted by Crippen LogP contribution is 2.37. The number of amides is 1. The van der Waals surface area contributed by atoms with Gasteiger partial charge in [0, 0.05) is 13.1 Å². The average molecular weight is 330 g/mol. The zero-order chi connectivity index (χ0) is 17.2. The van der Waals surface area contributed by atoms with Gasteiger partial charge in [0.1, 0.15) is 12.2 Å². The van der Waals surface area contributed by atoms with E-state index in [0.717, 1.165) is 37.2 Å². The van der Waals surface area contributed by atoms with E-state index in [0.29, 0.717) is 18.4 Å². The smallest absolute Gasteiger partial charge is 0.410 e. The van der Waals surface area contributed by atoms with Crippen LogP contribution in [0.25, 0.3) is 0 Å². The zero-order valence-corrected chi connectivity index (χ0v) is 14.7. The molecule has 24 heavy (non-hydrogen) atoms. The highest BCUT2D eigenvalue weighted by molar-refractivity contribution is 5.87. The van der Waals surface area contributed by atoms with Gasteiger partial charge in [-0.3, -0.25) is 0 Å².